The quantitative estimate of drug-likeness (QED) is 0.508. The van der Waals surface area contributed by atoms with Gasteiger partial charge in [0.2, 0.25) is 0 Å². The Balaban J connectivity index is 2.71. The van der Waals surface area contributed by atoms with Gasteiger partial charge in [0.05, 0.1) is 5.39 Å². The molecule has 0 atom stereocenters. The molecule has 0 aliphatic carbocycles. The lowest BCUT2D eigenvalue weighted by Gasteiger charge is -1.88. The largest absolute Gasteiger partial charge is 0.225 e. The third-order valence-electron chi connectivity index (χ3n) is 1.66. The first-order valence-electron chi connectivity index (χ1n) is 3.35. The fraction of sp³-hybridized carbons (Fsp3) is 0. The van der Waals surface area contributed by atoms with Crippen molar-refractivity contribution in [2.75, 3.05) is 0 Å². The van der Waals surface area contributed by atoms with Crippen LogP contribution in [-0.2, 0) is 0 Å². The molecule has 58 valence electrons. The van der Waals surface area contributed by atoms with Crippen LogP contribution in [0.1, 0.15) is 0 Å². The van der Waals surface area contributed by atoms with Crippen molar-refractivity contribution in [3.63, 3.8) is 0 Å². The van der Waals surface area contributed by atoms with Gasteiger partial charge < -0.3 is 0 Å². The molecule has 3 aromatic heterocycles. The summed E-state index contributed by atoms with van der Waals surface area (Å²) >= 11 is 1.59. The molecule has 0 fully saturated rings. The molecule has 0 N–H and O–H groups in total. The minimum atomic E-state index is 0.765. The highest BCUT2D eigenvalue weighted by Crippen LogP contribution is 2.19. The van der Waals surface area contributed by atoms with Crippen molar-refractivity contribution in [2.24, 2.45) is 0 Å². The van der Waals surface area contributed by atoms with Crippen LogP contribution >= 0.6 is 11.3 Å². The van der Waals surface area contributed by atoms with Gasteiger partial charge in [-0.1, -0.05) is 0 Å². The van der Waals surface area contributed by atoms with Crippen LogP contribution in [0.4, 0.5) is 0 Å². The van der Waals surface area contributed by atoms with Crippen molar-refractivity contribution in [3.05, 3.63) is 17.8 Å². The van der Waals surface area contributed by atoms with E-state index in [9.17, 15) is 0 Å². The molecular weight excluding hydrogens is 174 g/mol. The molecule has 0 radical (unpaired) electrons. The van der Waals surface area contributed by atoms with Gasteiger partial charge in [0, 0.05) is 0 Å². The number of thiophene rings is 1. The highest BCUT2D eigenvalue weighted by atomic mass is 32.1. The summed E-state index contributed by atoms with van der Waals surface area (Å²) in [6, 6.07) is 1.97. The minimum Gasteiger partial charge on any atom is -0.225 e. The Morgan fingerprint density at radius 1 is 1.42 bits per heavy atom. The molecule has 0 spiro atoms. The molecule has 0 saturated heterocycles. The summed E-state index contributed by atoms with van der Waals surface area (Å²) in [5.41, 5.74) is 0.765. The van der Waals surface area contributed by atoms with E-state index in [0.717, 1.165) is 15.9 Å². The average molecular weight is 177 g/mol. The smallest absolute Gasteiger partial charge is 0.191 e. The van der Waals surface area contributed by atoms with Crippen LogP contribution in [0.3, 0.4) is 0 Å². The van der Waals surface area contributed by atoms with Gasteiger partial charge in [0.15, 0.2) is 5.65 Å². The summed E-state index contributed by atoms with van der Waals surface area (Å²) in [6.45, 7) is 0. The number of nitrogens with zero attached hydrogens (tertiary/aromatic N) is 5. The number of fused-ring (bicyclic) bond motifs is 3. The lowest BCUT2D eigenvalue weighted by molar-refractivity contribution is 0.813. The molecule has 0 amide bonds. The molecule has 6 heteroatoms. The third kappa shape index (κ3) is 0.620. The van der Waals surface area contributed by atoms with Crippen LogP contribution < -0.4 is 0 Å². The van der Waals surface area contributed by atoms with E-state index in [4.69, 9.17) is 0 Å². The molecule has 3 aromatic rings. The Hall–Kier alpha value is -1.56. The second-order valence-electron chi connectivity index (χ2n) is 2.33. The zero-order chi connectivity index (χ0) is 7.97. The third-order valence-corrected chi connectivity index (χ3v) is 2.48. The Morgan fingerprint density at radius 3 is 3.42 bits per heavy atom. The number of rotatable bonds is 0. The van der Waals surface area contributed by atoms with E-state index in [1.165, 1.54) is 0 Å². The summed E-state index contributed by atoms with van der Waals surface area (Å²) in [6.07, 6.45) is 1.62. The molecule has 0 aromatic carbocycles. The fourth-order valence-corrected chi connectivity index (χ4v) is 1.85. The maximum atomic E-state index is 4.18. The molecule has 12 heavy (non-hydrogen) atoms. The highest BCUT2D eigenvalue weighted by molar-refractivity contribution is 7.16. The minimum absolute atomic E-state index is 0.765. The standard InChI is InChI=1S/C6H3N5S/c1-2-12-6-4(1)5-8-9-10-11(5)3-7-6/h1-3H. The van der Waals surface area contributed by atoms with Gasteiger partial charge in [-0.2, -0.15) is 4.52 Å². The summed E-state index contributed by atoms with van der Waals surface area (Å²) in [7, 11) is 0. The van der Waals surface area contributed by atoms with Gasteiger partial charge in [-0.15, -0.1) is 16.4 Å². The number of tetrazole rings is 1. The molecule has 0 aliphatic rings. The molecule has 3 rings (SSSR count). The van der Waals surface area contributed by atoms with E-state index in [-0.39, 0.29) is 0 Å². The van der Waals surface area contributed by atoms with Crippen LogP contribution in [0.5, 0.6) is 0 Å². The highest BCUT2D eigenvalue weighted by Gasteiger charge is 2.04. The van der Waals surface area contributed by atoms with E-state index in [1.807, 2.05) is 11.4 Å². The number of hydrogen-bond donors (Lipinski definition) is 0. The van der Waals surface area contributed by atoms with Crippen LogP contribution in [0.15, 0.2) is 17.8 Å². The van der Waals surface area contributed by atoms with Crippen LogP contribution in [0, 0.1) is 0 Å². The predicted molar refractivity (Wildman–Crippen MR) is 44.0 cm³/mol. The van der Waals surface area contributed by atoms with E-state index in [2.05, 4.69) is 20.5 Å². The zero-order valence-corrected chi connectivity index (χ0v) is 6.69. The Kier molecular flexibility index (Phi) is 0.991. The van der Waals surface area contributed by atoms with Gasteiger partial charge in [0.1, 0.15) is 11.2 Å². The van der Waals surface area contributed by atoms with E-state index < -0.39 is 0 Å². The Bertz CT molecular complexity index is 489. The Labute approximate surface area is 70.7 Å². The topological polar surface area (TPSA) is 56.0 Å². The number of hydrogen-bond acceptors (Lipinski definition) is 5. The molecule has 0 bridgehead atoms. The van der Waals surface area contributed by atoms with Crippen LogP contribution in [0.2, 0.25) is 0 Å². The van der Waals surface area contributed by atoms with Crippen molar-refractivity contribution >= 4 is 27.2 Å². The normalized spacial score (nSPS) is 11.3. The van der Waals surface area contributed by atoms with Crippen molar-refractivity contribution < 1.29 is 0 Å². The molecule has 3 heterocycles. The predicted octanol–water partition coefficient (Wildman–Crippen LogP) is 0.734. The summed E-state index contributed by atoms with van der Waals surface area (Å²) in [4.78, 5) is 5.15. The van der Waals surface area contributed by atoms with Crippen molar-refractivity contribution in [2.45, 2.75) is 0 Å². The first kappa shape index (κ1) is 6.01. The summed E-state index contributed by atoms with van der Waals surface area (Å²) in [5.74, 6) is 0. The molecule has 0 aliphatic heterocycles. The maximum absolute atomic E-state index is 4.18. The second kappa shape index (κ2) is 1.98. The van der Waals surface area contributed by atoms with Gasteiger partial charge in [-0.25, -0.2) is 4.98 Å². The van der Waals surface area contributed by atoms with E-state index in [0.29, 0.717) is 0 Å². The van der Waals surface area contributed by atoms with Crippen molar-refractivity contribution in [1.29, 1.82) is 0 Å². The van der Waals surface area contributed by atoms with Crippen LogP contribution in [0.25, 0.3) is 15.9 Å². The lowest BCUT2D eigenvalue weighted by Crippen LogP contribution is -1.88. The van der Waals surface area contributed by atoms with Crippen molar-refractivity contribution in [3.8, 4) is 0 Å². The molecule has 0 unspecified atom stereocenters. The SMILES string of the molecule is c1cc2c(ncn3nnnc23)s1. The summed E-state index contributed by atoms with van der Waals surface area (Å²) in [5, 5.41) is 14.2. The van der Waals surface area contributed by atoms with Gasteiger partial charge >= 0.3 is 0 Å². The van der Waals surface area contributed by atoms with Gasteiger partial charge in [-0.05, 0) is 21.9 Å². The first-order chi connectivity index (χ1) is 5.95. The maximum Gasteiger partial charge on any atom is 0.191 e. The zero-order valence-electron chi connectivity index (χ0n) is 5.88. The van der Waals surface area contributed by atoms with Gasteiger partial charge in [-0.3, -0.25) is 0 Å². The average Bonchev–Trinajstić information content (AvgIpc) is 2.71. The fourth-order valence-electron chi connectivity index (χ4n) is 1.13. The van der Waals surface area contributed by atoms with Crippen LogP contribution in [-0.4, -0.2) is 25.0 Å². The monoisotopic (exact) mass is 177 g/mol. The number of aromatic nitrogens is 5. The molecular formula is C6H3N5S. The van der Waals surface area contributed by atoms with E-state index >= 15 is 0 Å². The van der Waals surface area contributed by atoms with E-state index in [1.54, 1.807) is 22.2 Å². The van der Waals surface area contributed by atoms with Crippen molar-refractivity contribution in [1.82, 2.24) is 25.0 Å². The molecule has 0 saturated carbocycles. The molecule has 5 nitrogen and oxygen atoms in total. The first-order valence-corrected chi connectivity index (χ1v) is 4.23. The lowest BCUT2D eigenvalue weighted by atomic mass is 10.4. The Morgan fingerprint density at radius 2 is 2.42 bits per heavy atom. The second-order valence-corrected chi connectivity index (χ2v) is 3.23. The summed E-state index contributed by atoms with van der Waals surface area (Å²) < 4.78 is 1.56. The van der Waals surface area contributed by atoms with Gasteiger partial charge in [0.25, 0.3) is 0 Å².